The smallest absolute Gasteiger partial charge is 0.191 e. The minimum atomic E-state index is 0.239. The molecule has 1 aliphatic carbocycles. The highest BCUT2D eigenvalue weighted by Crippen LogP contribution is 2.33. The number of hydrogen-bond acceptors (Lipinski definition) is 4. The largest absolute Gasteiger partial charge is 0.467 e. The molecule has 0 spiro atoms. The van der Waals surface area contributed by atoms with Crippen LogP contribution in [0.3, 0.4) is 0 Å². The van der Waals surface area contributed by atoms with Crippen LogP contribution in [0, 0.1) is 0 Å². The third kappa shape index (κ3) is 4.98. The van der Waals surface area contributed by atoms with E-state index in [1.54, 1.807) is 6.26 Å². The molecule has 0 aromatic carbocycles. The fraction of sp³-hybridized carbons (Fsp3) is 0.737. The quantitative estimate of drug-likeness (QED) is 0.610. The summed E-state index contributed by atoms with van der Waals surface area (Å²) in [5, 5.41) is 6.96. The molecule has 1 aromatic rings. The van der Waals surface area contributed by atoms with Crippen LogP contribution in [0.25, 0.3) is 0 Å². The predicted molar refractivity (Wildman–Crippen MR) is 99.7 cm³/mol. The summed E-state index contributed by atoms with van der Waals surface area (Å²) < 4.78 is 11.0. The van der Waals surface area contributed by atoms with E-state index in [0.717, 1.165) is 51.1 Å². The SMILES string of the molecule is CCNC(=NCc1ccco1)NCC1(N2CCOCC2)CCCCC1. The molecule has 1 aromatic heterocycles. The van der Waals surface area contributed by atoms with Gasteiger partial charge in [0.2, 0.25) is 0 Å². The van der Waals surface area contributed by atoms with Gasteiger partial charge in [0.1, 0.15) is 12.3 Å². The molecule has 1 saturated heterocycles. The Balaban J connectivity index is 1.63. The Morgan fingerprint density at radius 1 is 1.20 bits per heavy atom. The summed E-state index contributed by atoms with van der Waals surface area (Å²) >= 11 is 0. The summed E-state index contributed by atoms with van der Waals surface area (Å²) in [5.74, 6) is 1.76. The Kier molecular flexibility index (Phi) is 6.76. The van der Waals surface area contributed by atoms with Gasteiger partial charge in [-0.3, -0.25) is 4.90 Å². The highest BCUT2D eigenvalue weighted by Gasteiger charge is 2.38. The van der Waals surface area contributed by atoms with Crippen LogP contribution in [0.1, 0.15) is 44.8 Å². The summed E-state index contributed by atoms with van der Waals surface area (Å²) in [6, 6.07) is 3.87. The molecule has 2 fully saturated rings. The van der Waals surface area contributed by atoms with Crippen molar-refractivity contribution in [2.24, 2.45) is 4.99 Å². The number of guanidine groups is 1. The van der Waals surface area contributed by atoms with Crippen molar-refractivity contribution in [2.45, 2.75) is 51.1 Å². The monoisotopic (exact) mass is 348 g/mol. The van der Waals surface area contributed by atoms with Crippen LogP contribution < -0.4 is 10.6 Å². The maximum absolute atomic E-state index is 5.57. The molecular formula is C19H32N4O2. The number of furan rings is 1. The van der Waals surface area contributed by atoms with Gasteiger partial charge in [0.05, 0.1) is 19.5 Å². The number of nitrogens with zero attached hydrogens (tertiary/aromatic N) is 2. The zero-order valence-corrected chi connectivity index (χ0v) is 15.4. The molecule has 6 nitrogen and oxygen atoms in total. The Bertz CT molecular complexity index is 518. The van der Waals surface area contributed by atoms with Crippen molar-refractivity contribution in [2.75, 3.05) is 39.4 Å². The van der Waals surface area contributed by atoms with E-state index in [0.29, 0.717) is 6.54 Å². The second-order valence-electron chi connectivity index (χ2n) is 7.01. The van der Waals surface area contributed by atoms with E-state index in [4.69, 9.17) is 9.15 Å². The third-order valence-corrected chi connectivity index (χ3v) is 5.37. The average molecular weight is 348 g/mol. The van der Waals surface area contributed by atoms with Gasteiger partial charge in [0, 0.05) is 31.7 Å². The van der Waals surface area contributed by atoms with Gasteiger partial charge in [-0.1, -0.05) is 19.3 Å². The lowest BCUT2D eigenvalue weighted by Gasteiger charge is -2.48. The number of nitrogens with one attached hydrogen (secondary N) is 2. The Labute approximate surface area is 151 Å². The lowest BCUT2D eigenvalue weighted by molar-refractivity contribution is -0.0352. The Hall–Kier alpha value is -1.53. The summed E-state index contributed by atoms with van der Waals surface area (Å²) in [5.41, 5.74) is 0.239. The fourth-order valence-electron chi connectivity index (χ4n) is 4.00. The second-order valence-corrected chi connectivity index (χ2v) is 7.01. The van der Waals surface area contributed by atoms with Crippen LogP contribution in [0.15, 0.2) is 27.8 Å². The average Bonchev–Trinajstić information content (AvgIpc) is 3.19. The first-order chi connectivity index (χ1) is 12.3. The molecule has 1 aliphatic heterocycles. The molecule has 0 bridgehead atoms. The summed E-state index contributed by atoms with van der Waals surface area (Å²) in [6.45, 7) is 8.26. The number of ether oxygens (including phenoxy) is 1. The van der Waals surface area contributed by atoms with E-state index in [1.807, 2.05) is 12.1 Å². The highest BCUT2D eigenvalue weighted by atomic mass is 16.5. The van der Waals surface area contributed by atoms with E-state index in [9.17, 15) is 0 Å². The summed E-state index contributed by atoms with van der Waals surface area (Å²) in [4.78, 5) is 7.33. The molecule has 2 heterocycles. The Morgan fingerprint density at radius 3 is 2.68 bits per heavy atom. The van der Waals surface area contributed by atoms with E-state index in [2.05, 4.69) is 27.4 Å². The van der Waals surface area contributed by atoms with Crippen molar-refractivity contribution in [3.63, 3.8) is 0 Å². The molecule has 0 amide bonds. The van der Waals surface area contributed by atoms with Gasteiger partial charge < -0.3 is 19.8 Å². The minimum absolute atomic E-state index is 0.239. The molecule has 3 rings (SSSR count). The molecule has 140 valence electrons. The molecule has 6 heteroatoms. The molecule has 2 aliphatic rings. The molecule has 25 heavy (non-hydrogen) atoms. The molecule has 0 radical (unpaired) electrons. The number of rotatable bonds is 6. The molecule has 0 atom stereocenters. The predicted octanol–water partition coefficient (Wildman–Crippen LogP) is 2.37. The van der Waals surface area contributed by atoms with Crippen LogP contribution in [0.2, 0.25) is 0 Å². The lowest BCUT2D eigenvalue weighted by atomic mass is 9.80. The van der Waals surface area contributed by atoms with Gasteiger partial charge in [0.25, 0.3) is 0 Å². The van der Waals surface area contributed by atoms with Gasteiger partial charge in [0.15, 0.2) is 5.96 Å². The van der Waals surface area contributed by atoms with Crippen LogP contribution in [-0.4, -0.2) is 55.8 Å². The fourth-order valence-corrected chi connectivity index (χ4v) is 4.00. The van der Waals surface area contributed by atoms with Crippen LogP contribution >= 0.6 is 0 Å². The van der Waals surface area contributed by atoms with Crippen LogP contribution in [0.5, 0.6) is 0 Å². The van der Waals surface area contributed by atoms with Gasteiger partial charge in [-0.15, -0.1) is 0 Å². The zero-order valence-electron chi connectivity index (χ0n) is 15.4. The number of hydrogen-bond donors (Lipinski definition) is 2. The second kappa shape index (κ2) is 9.25. The number of aliphatic imine (C=N–C) groups is 1. The molecular weight excluding hydrogens is 316 g/mol. The van der Waals surface area contributed by atoms with Crippen molar-refractivity contribution < 1.29 is 9.15 Å². The van der Waals surface area contributed by atoms with Crippen molar-refractivity contribution in [3.05, 3.63) is 24.2 Å². The maximum Gasteiger partial charge on any atom is 0.191 e. The van der Waals surface area contributed by atoms with Crippen LogP contribution in [-0.2, 0) is 11.3 Å². The highest BCUT2D eigenvalue weighted by molar-refractivity contribution is 5.79. The number of morpholine rings is 1. The normalized spacial score (nSPS) is 21.9. The van der Waals surface area contributed by atoms with Crippen molar-refractivity contribution in [1.82, 2.24) is 15.5 Å². The third-order valence-electron chi connectivity index (χ3n) is 5.37. The summed E-state index contributed by atoms with van der Waals surface area (Å²) in [6.07, 6.45) is 8.22. The van der Waals surface area contributed by atoms with Crippen LogP contribution in [0.4, 0.5) is 0 Å². The summed E-state index contributed by atoms with van der Waals surface area (Å²) in [7, 11) is 0. The van der Waals surface area contributed by atoms with Gasteiger partial charge in [-0.05, 0) is 31.9 Å². The molecule has 1 saturated carbocycles. The van der Waals surface area contributed by atoms with E-state index >= 15 is 0 Å². The van der Waals surface area contributed by atoms with E-state index in [1.165, 1.54) is 32.1 Å². The standard InChI is InChI=1S/C19H32N4O2/c1-2-20-18(21-15-17-7-6-12-25-17)22-16-19(8-4-3-5-9-19)23-10-13-24-14-11-23/h6-7,12H,2-5,8-11,13-16H2,1H3,(H2,20,21,22). The topological polar surface area (TPSA) is 62.0 Å². The van der Waals surface area contributed by atoms with E-state index < -0.39 is 0 Å². The van der Waals surface area contributed by atoms with Crippen molar-refractivity contribution in [1.29, 1.82) is 0 Å². The molecule has 0 unspecified atom stereocenters. The van der Waals surface area contributed by atoms with Gasteiger partial charge >= 0.3 is 0 Å². The van der Waals surface area contributed by atoms with E-state index in [-0.39, 0.29) is 5.54 Å². The van der Waals surface area contributed by atoms with Crippen molar-refractivity contribution in [3.8, 4) is 0 Å². The van der Waals surface area contributed by atoms with Gasteiger partial charge in [-0.25, -0.2) is 4.99 Å². The lowest BCUT2D eigenvalue weighted by Crippen LogP contribution is -2.60. The molecule has 2 N–H and O–H groups in total. The first kappa shape index (κ1) is 18.3. The van der Waals surface area contributed by atoms with Gasteiger partial charge in [-0.2, -0.15) is 0 Å². The first-order valence-electron chi connectivity index (χ1n) is 9.70. The minimum Gasteiger partial charge on any atom is -0.467 e. The first-order valence-corrected chi connectivity index (χ1v) is 9.70. The zero-order chi connectivity index (χ0) is 17.4. The Morgan fingerprint density at radius 2 is 2.00 bits per heavy atom. The maximum atomic E-state index is 5.57. The van der Waals surface area contributed by atoms with Crippen molar-refractivity contribution >= 4 is 5.96 Å².